The van der Waals surface area contributed by atoms with Crippen LogP contribution in [-0.2, 0) is 14.4 Å². The van der Waals surface area contributed by atoms with Crippen LogP contribution in [0.2, 0.25) is 5.02 Å². The largest absolute Gasteiger partial charge is 0.365 e. The van der Waals surface area contributed by atoms with Crippen LogP contribution < -0.4 is 0 Å². The highest BCUT2D eigenvalue weighted by Crippen LogP contribution is 2.27. The summed E-state index contributed by atoms with van der Waals surface area (Å²) in [5.74, 6) is -1.90. The molecule has 1 aromatic carbocycles. The summed E-state index contributed by atoms with van der Waals surface area (Å²) >= 11 is 9.07. The van der Waals surface area contributed by atoms with Crippen LogP contribution in [0.3, 0.4) is 0 Å². The lowest BCUT2D eigenvalue weighted by atomic mass is 10.2. The van der Waals surface area contributed by atoms with Gasteiger partial charge in [-0.25, -0.2) is 4.79 Å². The van der Waals surface area contributed by atoms with Crippen LogP contribution in [0, 0.1) is 0 Å². The SMILES string of the molecule is O=C(ON1C(=O)CCC1=O)c1cccc(Br)c1Cl. The van der Waals surface area contributed by atoms with Crippen LogP contribution in [0.4, 0.5) is 0 Å². The monoisotopic (exact) mass is 331 g/mol. The van der Waals surface area contributed by atoms with Gasteiger partial charge in [-0.05, 0) is 28.1 Å². The van der Waals surface area contributed by atoms with E-state index in [2.05, 4.69) is 15.9 Å². The van der Waals surface area contributed by atoms with E-state index in [0.29, 0.717) is 9.54 Å². The predicted molar refractivity (Wildman–Crippen MR) is 65.7 cm³/mol. The van der Waals surface area contributed by atoms with Crippen molar-refractivity contribution in [2.45, 2.75) is 12.8 Å². The smallest absolute Gasteiger partial charge is 0.325 e. The van der Waals surface area contributed by atoms with E-state index in [-0.39, 0.29) is 23.4 Å². The van der Waals surface area contributed by atoms with E-state index in [1.54, 1.807) is 12.1 Å². The second kappa shape index (κ2) is 5.07. The zero-order chi connectivity index (χ0) is 13.3. The predicted octanol–water partition coefficient (Wildman–Crippen LogP) is 2.32. The third-order valence-corrected chi connectivity index (χ3v) is 3.65. The molecule has 1 aliphatic rings. The summed E-state index contributed by atoms with van der Waals surface area (Å²) < 4.78 is 0.526. The van der Waals surface area contributed by atoms with Crippen molar-refractivity contribution in [2.24, 2.45) is 0 Å². The van der Waals surface area contributed by atoms with Crippen molar-refractivity contribution < 1.29 is 19.2 Å². The Morgan fingerprint density at radius 2 is 1.89 bits per heavy atom. The molecule has 1 fully saturated rings. The molecule has 0 atom stereocenters. The van der Waals surface area contributed by atoms with E-state index < -0.39 is 17.8 Å². The minimum atomic E-state index is -0.843. The Hall–Kier alpha value is -1.40. The Labute approximate surface area is 116 Å². The summed E-state index contributed by atoms with van der Waals surface area (Å²) in [6.07, 6.45) is 0.108. The van der Waals surface area contributed by atoms with Gasteiger partial charge in [0.25, 0.3) is 11.8 Å². The molecule has 18 heavy (non-hydrogen) atoms. The average molecular weight is 333 g/mol. The molecule has 0 radical (unpaired) electrons. The van der Waals surface area contributed by atoms with Crippen molar-refractivity contribution in [3.8, 4) is 0 Å². The standard InChI is InChI=1S/C11H7BrClNO4/c12-7-3-1-2-6(10(7)13)11(17)18-14-8(15)4-5-9(14)16/h1-3H,4-5H2. The van der Waals surface area contributed by atoms with E-state index in [4.69, 9.17) is 16.4 Å². The number of imide groups is 1. The Balaban J connectivity index is 2.20. The second-order valence-electron chi connectivity index (χ2n) is 3.56. The van der Waals surface area contributed by atoms with Crippen LogP contribution in [0.15, 0.2) is 22.7 Å². The molecule has 0 bridgehead atoms. The van der Waals surface area contributed by atoms with Gasteiger partial charge in [0.2, 0.25) is 0 Å². The second-order valence-corrected chi connectivity index (χ2v) is 4.79. The number of hydroxylamine groups is 2. The highest BCUT2D eigenvalue weighted by atomic mass is 79.9. The van der Waals surface area contributed by atoms with Crippen LogP contribution in [-0.4, -0.2) is 22.8 Å². The van der Waals surface area contributed by atoms with Crippen molar-refractivity contribution in [1.82, 2.24) is 5.06 Å². The van der Waals surface area contributed by atoms with Gasteiger partial charge in [-0.15, -0.1) is 5.06 Å². The summed E-state index contributed by atoms with van der Waals surface area (Å²) in [5.41, 5.74) is 0.0820. The fourth-order valence-corrected chi connectivity index (χ4v) is 2.02. The Bertz CT molecular complexity index is 530. The van der Waals surface area contributed by atoms with Crippen molar-refractivity contribution in [3.05, 3.63) is 33.3 Å². The number of carbonyl (C=O) groups is 3. The van der Waals surface area contributed by atoms with Gasteiger partial charge < -0.3 is 4.84 Å². The van der Waals surface area contributed by atoms with E-state index in [1.165, 1.54) is 6.07 Å². The number of amides is 2. The van der Waals surface area contributed by atoms with Gasteiger partial charge in [-0.1, -0.05) is 17.7 Å². The highest BCUT2D eigenvalue weighted by Gasteiger charge is 2.33. The number of nitrogens with zero attached hydrogens (tertiary/aromatic N) is 1. The highest BCUT2D eigenvalue weighted by molar-refractivity contribution is 9.10. The summed E-state index contributed by atoms with van der Waals surface area (Å²) in [6.45, 7) is 0. The van der Waals surface area contributed by atoms with E-state index >= 15 is 0 Å². The summed E-state index contributed by atoms with van der Waals surface area (Å²) in [6, 6.07) is 4.70. The number of halogens is 2. The van der Waals surface area contributed by atoms with Crippen molar-refractivity contribution in [3.63, 3.8) is 0 Å². The van der Waals surface area contributed by atoms with Crippen molar-refractivity contribution in [2.75, 3.05) is 0 Å². The molecule has 7 heteroatoms. The van der Waals surface area contributed by atoms with E-state index in [9.17, 15) is 14.4 Å². The lowest BCUT2D eigenvalue weighted by Gasteiger charge is -2.13. The minimum absolute atomic E-state index is 0.0539. The van der Waals surface area contributed by atoms with Crippen LogP contribution in [0.25, 0.3) is 0 Å². The van der Waals surface area contributed by atoms with Gasteiger partial charge in [-0.2, -0.15) is 0 Å². The van der Waals surface area contributed by atoms with Gasteiger partial charge in [0, 0.05) is 17.3 Å². The third kappa shape index (κ3) is 2.39. The first-order valence-electron chi connectivity index (χ1n) is 5.03. The third-order valence-electron chi connectivity index (χ3n) is 2.35. The van der Waals surface area contributed by atoms with Crippen LogP contribution >= 0.6 is 27.5 Å². The van der Waals surface area contributed by atoms with E-state index in [0.717, 1.165) is 0 Å². The first-order valence-corrected chi connectivity index (χ1v) is 6.20. The molecule has 1 saturated heterocycles. The summed E-state index contributed by atoms with van der Waals surface area (Å²) in [5, 5.41) is 0.654. The van der Waals surface area contributed by atoms with Gasteiger partial charge >= 0.3 is 5.97 Å². The molecule has 94 valence electrons. The molecule has 1 aromatic rings. The topological polar surface area (TPSA) is 63.7 Å². The van der Waals surface area contributed by atoms with Gasteiger partial charge in [0.15, 0.2) is 0 Å². The molecule has 1 aliphatic heterocycles. The van der Waals surface area contributed by atoms with E-state index in [1.807, 2.05) is 0 Å². The molecule has 2 amide bonds. The maximum Gasteiger partial charge on any atom is 0.365 e. The molecule has 1 heterocycles. The minimum Gasteiger partial charge on any atom is -0.325 e. The lowest BCUT2D eigenvalue weighted by molar-refractivity contribution is -0.172. The molecular weight excluding hydrogens is 325 g/mol. The number of carbonyl (C=O) groups excluding carboxylic acids is 3. The zero-order valence-corrected chi connectivity index (χ0v) is 11.3. The Kier molecular flexibility index (Phi) is 3.68. The lowest BCUT2D eigenvalue weighted by Crippen LogP contribution is -2.32. The molecule has 0 N–H and O–H groups in total. The zero-order valence-electron chi connectivity index (χ0n) is 8.98. The molecule has 5 nitrogen and oxygen atoms in total. The quantitative estimate of drug-likeness (QED) is 0.780. The van der Waals surface area contributed by atoms with Crippen LogP contribution in [0.1, 0.15) is 23.2 Å². The maximum absolute atomic E-state index is 11.8. The summed E-state index contributed by atoms with van der Waals surface area (Å²) in [4.78, 5) is 39.1. The molecule has 0 aliphatic carbocycles. The number of benzene rings is 1. The number of hydrogen-bond donors (Lipinski definition) is 0. The average Bonchev–Trinajstić information content (AvgIpc) is 2.64. The number of rotatable bonds is 2. The molecule has 0 saturated carbocycles. The Morgan fingerprint density at radius 1 is 1.28 bits per heavy atom. The maximum atomic E-state index is 11.8. The van der Waals surface area contributed by atoms with Crippen molar-refractivity contribution >= 4 is 45.3 Å². The Morgan fingerprint density at radius 3 is 2.50 bits per heavy atom. The van der Waals surface area contributed by atoms with Gasteiger partial charge in [-0.3, -0.25) is 9.59 Å². The normalized spacial score (nSPS) is 15.1. The fourth-order valence-electron chi connectivity index (χ4n) is 1.45. The van der Waals surface area contributed by atoms with Gasteiger partial charge in [0.05, 0.1) is 10.6 Å². The number of hydrogen-bond acceptors (Lipinski definition) is 4. The first-order chi connectivity index (χ1) is 8.50. The first kappa shape index (κ1) is 13.0. The van der Waals surface area contributed by atoms with Gasteiger partial charge in [0.1, 0.15) is 0 Å². The van der Waals surface area contributed by atoms with Crippen LogP contribution in [0.5, 0.6) is 0 Å². The molecule has 0 aromatic heterocycles. The molecule has 0 spiro atoms. The molecule has 0 unspecified atom stereocenters. The summed E-state index contributed by atoms with van der Waals surface area (Å²) in [7, 11) is 0. The molecule has 2 rings (SSSR count). The van der Waals surface area contributed by atoms with Crippen molar-refractivity contribution in [1.29, 1.82) is 0 Å². The molecular formula is C11H7BrClNO4. The fraction of sp³-hybridized carbons (Fsp3) is 0.182.